The highest BCUT2D eigenvalue weighted by atomic mass is 16.5. The lowest BCUT2D eigenvalue weighted by Crippen LogP contribution is -2.53. The maximum atomic E-state index is 12.1. The zero-order chi connectivity index (χ0) is 19.4. The van der Waals surface area contributed by atoms with Gasteiger partial charge in [0, 0.05) is 45.8 Å². The molecule has 27 heavy (non-hydrogen) atoms. The number of carbonyl (C=O) groups excluding carboxylic acids is 1. The summed E-state index contributed by atoms with van der Waals surface area (Å²) in [5, 5.41) is 4.08. The predicted molar refractivity (Wildman–Crippen MR) is 101 cm³/mol. The Labute approximate surface area is 159 Å². The molecule has 1 aliphatic rings. The summed E-state index contributed by atoms with van der Waals surface area (Å²) in [7, 11) is 5.23. The number of piperazine rings is 1. The van der Waals surface area contributed by atoms with Gasteiger partial charge in [0.05, 0.1) is 19.7 Å². The molecule has 0 spiro atoms. The first-order valence-electron chi connectivity index (χ1n) is 9.12. The van der Waals surface area contributed by atoms with Crippen molar-refractivity contribution >= 4 is 5.91 Å². The van der Waals surface area contributed by atoms with Crippen molar-refractivity contribution in [1.29, 1.82) is 0 Å². The Morgan fingerprint density at radius 3 is 2.48 bits per heavy atom. The first kappa shape index (κ1) is 19.3. The van der Waals surface area contributed by atoms with Gasteiger partial charge in [0.2, 0.25) is 17.6 Å². The Morgan fingerprint density at radius 1 is 1.22 bits per heavy atom. The molecule has 1 unspecified atom stereocenters. The van der Waals surface area contributed by atoms with Crippen molar-refractivity contribution in [2.75, 3.05) is 47.4 Å². The van der Waals surface area contributed by atoms with Crippen molar-refractivity contribution in [3.63, 3.8) is 0 Å². The van der Waals surface area contributed by atoms with Crippen LogP contribution in [0.1, 0.15) is 12.8 Å². The molecule has 0 radical (unpaired) electrons. The van der Waals surface area contributed by atoms with Gasteiger partial charge in [-0.25, -0.2) is 0 Å². The highest BCUT2D eigenvalue weighted by molar-refractivity contribution is 5.80. The molecule has 0 bridgehead atoms. The number of hydrogen-bond acceptors (Lipinski definition) is 7. The lowest BCUT2D eigenvalue weighted by Gasteiger charge is -2.37. The lowest BCUT2D eigenvalue weighted by molar-refractivity contribution is -0.134. The minimum atomic E-state index is -0.0905. The number of nitrogens with zero attached hydrogens (tertiary/aromatic N) is 5. The number of benzene rings is 1. The first-order chi connectivity index (χ1) is 13.0. The molecule has 2 heterocycles. The summed E-state index contributed by atoms with van der Waals surface area (Å²) < 4.78 is 10.6. The van der Waals surface area contributed by atoms with E-state index in [1.165, 1.54) is 0 Å². The van der Waals surface area contributed by atoms with E-state index in [9.17, 15) is 4.79 Å². The molecule has 8 nitrogen and oxygen atoms in total. The Morgan fingerprint density at radius 2 is 1.89 bits per heavy atom. The van der Waals surface area contributed by atoms with Gasteiger partial charge in [-0.1, -0.05) is 5.16 Å². The third-order valence-corrected chi connectivity index (χ3v) is 4.93. The molecule has 8 heteroatoms. The van der Waals surface area contributed by atoms with Gasteiger partial charge in [-0.2, -0.15) is 4.98 Å². The van der Waals surface area contributed by atoms with Crippen LogP contribution in [0.4, 0.5) is 0 Å². The summed E-state index contributed by atoms with van der Waals surface area (Å²) in [4.78, 5) is 22.8. The summed E-state index contributed by atoms with van der Waals surface area (Å²) in [5.74, 6) is 2.12. The van der Waals surface area contributed by atoms with Crippen LogP contribution >= 0.6 is 0 Å². The van der Waals surface area contributed by atoms with Gasteiger partial charge in [0.15, 0.2) is 0 Å². The van der Waals surface area contributed by atoms with Crippen LogP contribution in [0.5, 0.6) is 5.75 Å². The summed E-state index contributed by atoms with van der Waals surface area (Å²) in [6.45, 7) is 6.02. The van der Waals surface area contributed by atoms with Crippen LogP contribution in [0.15, 0.2) is 28.8 Å². The quantitative estimate of drug-likeness (QED) is 0.756. The maximum Gasteiger partial charge on any atom is 0.241 e. The van der Waals surface area contributed by atoms with Crippen molar-refractivity contribution in [2.24, 2.45) is 0 Å². The van der Waals surface area contributed by atoms with Gasteiger partial charge in [-0.05, 0) is 31.2 Å². The van der Waals surface area contributed by atoms with Crippen LogP contribution in [0.3, 0.4) is 0 Å². The van der Waals surface area contributed by atoms with E-state index in [1.807, 2.05) is 31.2 Å². The largest absolute Gasteiger partial charge is 0.497 e. The van der Waals surface area contributed by atoms with Gasteiger partial charge in [-0.15, -0.1) is 0 Å². The number of aromatic nitrogens is 2. The number of hydrogen-bond donors (Lipinski definition) is 0. The number of likely N-dealkylation sites (N-methyl/N-ethyl adjacent to an activating group) is 1. The van der Waals surface area contributed by atoms with E-state index in [-0.39, 0.29) is 11.9 Å². The molecule has 0 aliphatic carbocycles. The molecule has 0 N–H and O–H groups in total. The second kappa shape index (κ2) is 8.49. The second-order valence-corrected chi connectivity index (χ2v) is 6.96. The van der Waals surface area contributed by atoms with Crippen LogP contribution in [-0.2, 0) is 11.3 Å². The van der Waals surface area contributed by atoms with E-state index in [0.29, 0.717) is 18.3 Å². The number of rotatable bonds is 6. The molecule has 2 aromatic rings. The molecule has 1 fully saturated rings. The van der Waals surface area contributed by atoms with E-state index >= 15 is 0 Å². The average Bonchev–Trinajstić information content (AvgIpc) is 3.16. The van der Waals surface area contributed by atoms with Gasteiger partial charge in [0.25, 0.3) is 0 Å². The van der Waals surface area contributed by atoms with E-state index < -0.39 is 0 Å². The summed E-state index contributed by atoms with van der Waals surface area (Å²) in [5.41, 5.74) is 0.895. The highest BCUT2D eigenvalue weighted by Gasteiger charge is 2.27. The standard InChI is InChI=1S/C19H27N5O3/c1-14(19(25)22(2)3)24-11-9-23(10-12-24)13-17-20-18(21-27-17)15-5-7-16(26-4)8-6-15/h5-8,14H,9-13H2,1-4H3. The smallest absolute Gasteiger partial charge is 0.241 e. The zero-order valence-electron chi connectivity index (χ0n) is 16.4. The fourth-order valence-corrected chi connectivity index (χ4v) is 3.21. The van der Waals surface area contributed by atoms with E-state index in [4.69, 9.17) is 9.26 Å². The summed E-state index contributed by atoms with van der Waals surface area (Å²) in [6.07, 6.45) is 0. The van der Waals surface area contributed by atoms with Gasteiger partial charge >= 0.3 is 0 Å². The normalized spacial score (nSPS) is 16.9. The maximum absolute atomic E-state index is 12.1. The topological polar surface area (TPSA) is 74.9 Å². The van der Waals surface area contributed by atoms with Gasteiger partial charge in [0.1, 0.15) is 5.75 Å². The predicted octanol–water partition coefficient (Wildman–Crippen LogP) is 1.34. The van der Waals surface area contributed by atoms with Crippen LogP contribution in [0.25, 0.3) is 11.4 Å². The van der Waals surface area contributed by atoms with Gasteiger partial charge in [-0.3, -0.25) is 14.6 Å². The molecule has 1 atom stereocenters. The molecule has 146 valence electrons. The Bertz CT molecular complexity index is 751. The van der Waals surface area contributed by atoms with E-state index in [2.05, 4.69) is 19.9 Å². The number of ether oxygens (including phenoxy) is 1. The van der Waals surface area contributed by atoms with Crippen LogP contribution in [0, 0.1) is 0 Å². The Balaban J connectivity index is 1.53. The molecule has 1 saturated heterocycles. The number of carbonyl (C=O) groups is 1. The van der Waals surface area contributed by atoms with E-state index in [1.54, 1.807) is 26.1 Å². The Kier molecular flexibility index (Phi) is 6.08. The third-order valence-electron chi connectivity index (χ3n) is 4.93. The van der Waals surface area contributed by atoms with Crippen molar-refractivity contribution < 1.29 is 14.1 Å². The molecular weight excluding hydrogens is 346 g/mol. The second-order valence-electron chi connectivity index (χ2n) is 6.96. The SMILES string of the molecule is COc1ccc(-c2noc(CN3CCN(C(C)C(=O)N(C)C)CC3)n2)cc1. The monoisotopic (exact) mass is 373 g/mol. The molecule has 3 rings (SSSR count). The molecule has 1 aromatic carbocycles. The molecule has 1 aromatic heterocycles. The fourth-order valence-electron chi connectivity index (χ4n) is 3.21. The third kappa shape index (κ3) is 4.64. The fraction of sp³-hybridized carbons (Fsp3) is 0.526. The zero-order valence-corrected chi connectivity index (χ0v) is 16.4. The first-order valence-corrected chi connectivity index (χ1v) is 9.12. The molecular formula is C19H27N5O3. The van der Waals surface area contributed by atoms with Crippen LogP contribution in [-0.4, -0.2) is 84.2 Å². The average molecular weight is 373 g/mol. The number of methoxy groups -OCH3 is 1. The molecule has 1 amide bonds. The van der Waals surface area contributed by atoms with Crippen LogP contribution in [0.2, 0.25) is 0 Å². The lowest BCUT2D eigenvalue weighted by atomic mass is 10.2. The van der Waals surface area contributed by atoms with Crippen LogP contribution < -0.4 is 4.74 Å². The minimum absolute atomic E-state index is 0.0905. The Hall–Kier alpha value is -2.45. The minimum Gasteiger partial charge on any atom is -0.497 e. The number of amides is 1. The van der Waals surface area contributed by atoms with Crippen molar-refractivity contribution in [2.45, 2.75) is 19.5 Å². The summed E-state index contributed by atoms with van der Waals surface area (Å²) in [6, 6.07) is 7.49. The van der Waals surface area contributed by atoms with Gasteiger partial charge < -0.3 is 14.2 Å². The van der Waals surface area contributed by atoms with E-state index in [0.717, 1.165) is 37.5 Å². The van der Waals surface area contributed by atoms with Crippen molar-refractivity contribution in [3.05, 3.63) is 30.2 Å². The molecule has 1 aliphatic heterocycles. The molecule has 0 saturated carbocycles. The van der Waals surface area contributed by atoms with Crippen molar-refractivity contribution in [1.82, 2.24) is 24.8 Å². The van der Waals surface area contributed by atoms with Crippen molar-refractivity contribution in [3.8, 4) is 17.1 Å². The summed E-state index contributed by atoms with van der Waals surface area (Å²) >= 11 is 0. The highest BCUT2D eigenvalue weighted by Crippen LogP contribution is 2.20.